The monoisotopic (exact) mass is 335 g/mol. The minimum atomic E-state index is 0.195. The minimum Gasteiger partial charge on any atom is -0.353 e. The SMILES string of the molecule is O=C(CCn1ncc2ccccc21)N1CCN(c2ccccn2)CC1. The van der Waals surface area contributed by atoms with Crippen LogP contribution in [0.1, 0.15) is 6.42 Å². The highest BCUT2D eigenvalue weighted by Crippen LogP contribution is 2.15. The normalized spacial score (nSPS) is 14.9. The molecule has 6 nitrogen and oxygen atoms in total. The van der Waals surface area contributed by atoms with Crippen LogP contribution in [0.25, 0.3) is 10.9 Å². The maximum absolute atomic E-state index is 12.5. The van der Waals surface area contributed by atoms with Crippen LogP contribution in [-0.2, 0) is 11.3 Å². The Hall–Kier alpha value is -2.89. The maximum Gasteiger partial charge on any atom is 0.224 e. The zero-order chi connectivity index (χ0) is 17.1. The Bertz CT molecular complexity index is 852. The van der Waals surface area contributed by atoms with Crippen molar-refractivity contribution in [2.75, 3.05) is 31.1 Å². The van der Waals surface area contributed by atoms with Gasteiger partial charge in [-0.15, -0.1) is 0 Å². The maximum atomic E-state index is 12.5. The fraction of sp³-hybridized carbons (Fsp3) is 0.316. The minimum absolute atomic E-state index is 0.195. The van der Waals surface area contributed by atoms with Crippen LogP contribution < -0.4 is 4.90 Å². The molecule has 3 heterocycles. The standard InChI is InChI=1S/C19H21N5O/c25-19(8-10-24-17-6-2-1-5-16(17)15-21-24)23-13-11-22(12-14-23)18-7-3-4-9-20-18/h1-7,9,15H,8,10-14H2. The lowest BCUT2D eigenvalue weighted by Crippen LogP contribution is -2.49. The molecule has 0 spiro atoms. The Labute approximate surface area is 146 Å². The van der Waals surface area contributed by atoms with Crippen LogP contribution in [0.15, 0.2) is 54.9 Å². The number of carbonyl (C=O) groups is 1. The van der Waals surface area contributed by atoms with Crippen molar-refractivity contribution in [3.8, 4) is 0 Å². The number of para-hydroxylation sites is 1. The second-order valence-corrected chi connectivity index (χ2v) is 6.23. The highest BCUT2D eigenvalue weighted by Gasteiger charge is 2.21. The van der Waals surface area contributed by atoms with Gasteiger partial charge in [0.25, 0.3) is 0 Å². The molecular weight excluding hydrogens is 314 g/mol. The largest absolute Gasteiger partial charge is 0.353 e. The van der Waals surface area contributed by atoms with E-state index in [1.807, 2.05) is 58.2 Å². The molecule has 4 rings (SSSR count). The second-order valence-electron chi connectivity index (χ2n) is 6.23. The molecule has 1 fully saturated rings. The van der Waals surface area contributed by atoms with E-state index in [9.17, 15) is 4.79 Å². The van der Waals surface area contributed by atoms with Crippen molar-refractivity contribution in [3.05, 3.63) is 54.9 Å². The number of pyridine rings is 1. The van der Waals surface area contributed by atoms with E-state index in [-0.39, 0.29) is 5.91 Å². The molecule has 0 saturated carbocycles. The van der Waals surface area contributed by atoms with Gasteiger partial charge in [0.15, 0.2) is 0 Å². The van der Waals surface area contributed by atoms with Gasteiger partial charge >= 0.3 is 0 Å². The Morgan fingerprint density at radius 3 is 2.60 bits per heavy atom. The van der Waals surface area contributed by atoms with Crippen LogP contribution in [-0.4, -0.2) is 51.8 Å². The summed E-state index contributed by atoms with van der Waals surface area (Å²) >= 11 is 0. The first-order valence-electron chi connectivity index (χ1n) is 8.65. The van der Waals surface area contributed by atoms with Gasteiger partial charge in [0, 0.05) is 44.2 Å². The number of nitrogens with zero attached hydrogens (tertiary/aromatic N) is 5. The number of anilines is 1. The number of aryl methyl sites for hydroxylation is 1. The summed E-state index contributed by atoms with van der Waals surface area (Å²) < 4.78 is 1.91. The molecule has 1 aliphatic rings. The molecule has 3 aromatic rings. The van der Waals surface area contributed by atoms with Gasteiger partial charge in [-0.25, -0.2) is 4.98 Å². The summed E-state index contributed by atoms with van der Waals surface area (Å²) in [5, 5.41) is 5.50. The molecule has 0 aliphatic carbocycles. The van der Waals surface area contributed by atoms with Crippen LogP contribution in [0.4, 0.5) is 5.82 Å². The molecule has 0 atom stereocenters. The fourth-order valence-electron chi connectivity index (χ4n) is 3.29. The third-order valence-corrected chi connectivity index (χ3v) is 4.69. The van der Waals surface area contributed by atoms with E-state index in [4.69, 9.17) is 0 Å². The number of amides is 1. The molecule has 128 valence electrons. The van der Waals surface area contributed by atoms with Crippen LogP contribution >= 0.6 is 0 Å². The third kappa shape index (κ3) is 3.33. The second kappa shape index (κ2) is 6.93. The quantitative estimate of drug-likeness (QED) is 0.733. The van der Waals surface area contributed by atoms with Crippen molar-refractivity contribution in [1.82, 2.24) is 19.7 Å². The molecule has 0 unspecified atom stereocenters. The summed E-state index contributed by atoms with van der Waals surface area (Å²) in [6.45, 7) is 3.76. The molecule has 2 aromatic heterocycles. The first kappa shape index (κ1) is 15.6. The summed E-state index contributed by atoms with van der Waals surface area (Å²) in [7, 11) is 0. The van der Waals surface area contributed by atoms with Crippen molar-refractivity contribution in [1.29, 1.82) is 0 Å². The number of hydrogen-bond donors (Lipinski definition) is 0. The summed E-state index contributed by atoms with van der Waals surface area (Å²) in [4.78, 5) is 21.1. The van der Waals surface area contributed by atoms with E-state index in [2.05, 4.69) is 15.0 Å². The lowest BCUT2D eigenvalue weighted by Gasteiger charge is -2.35. The number of fused-ring (bicyclic) bond motifs is 1. The zero-order valence-corrected chi connectivity index (χ0v) is 14.1. The Kier molecular flexibility index (Phi) is 4.33. The molecule has 1 aliphatic heterocycles. The molecule has 6 heteroatoms. The van der Waals surface area contributed by atoms with Crippen molar-refractivity contribution in [2.45, 2.75) is 13.0 Å². The summed E-state index contributed by atoms with van der Waals surface area (Å²) in [5.74, 6) is 1.18. The number of piperazine rings is 1. The Morgan fingerprint density at radius 2 is 1.80 bits per heavy atom. The smallest absolute Gasteiger partial charge is 0.224 e. The molecule has 1 amide bonds. The topological polar surface area (TPSA) is 54.3 Å². The van der Waals surface area contributed by atoms with Gasteiger partial charge in [0.2, 0.25) is 5.91 Å². The van der Waals surface area contributed by atoms with Gasteiger partial charge in [-0.2, -0.15) is 5.10 Å². The van der Waals surface area contributed by atoms with E-state index in [1.54, 1.807) is 6.20 Å². The van der Waals surface area contributed by atoms with Gasteiger partial charge in [-0.3, -0.25) is 9.48 Å². The van der Waals surface area contributed by atoms with Crippen LogP contribution in [0.2, 0.25) is 0 Å². The fourth-order valence-corrected chi connectivity index (χ4v) is 3.29. The summed E-state index contributed by atoms with van der Waals surface area (Å²) in [6.07, 6.45) is 4.14. The number of carbonyl (C=O) groups excluding carboxylic acids is 1. The summed E-state index contributed by atoms with van der Waals surface area (Å²) in [6, 6.07) is 14.0. The highest BCUT2D eigenvalue weighted by atomic mass is 16.2. The first-order chi connectivity index (χ1) is 12.3. The van der Waals surface area contributed by atoms with Gasteiger partial charge in [0.05, 0.1) is 18.3 Å². The van der Waals surface area contributed by atoms with Gasteiger partial charge < -0.3 is 9.80 Å². The average molecular weight is 335 g/mol. The van der Waals surface area contributed by atoms with E-state index in [0.29, 0.717) is 13.0 Å². The van der Waals surface area contributed by atoms with Crippen molar-refractivity contribution in [2.24, 2.45) is 0 Å². The van der Waals surface area contributed by atoms with Crippen molar-refractivity contribution in [3.63, 3.8) is 0 Å². The molecule has 1 aromatic carbocycles. The molecule has 0 N–H and O–H groups in total. The predicted molar refractivity (Wildman–Crippen MR) is 97.4 cm³/mol. The van der Waals surface area contributed by atoms with Crippen LogP contribution in [0.5, 0.6) is 0 Å². The van der Waals surface area contributed by atoms with Crippen molar-refractivity contribution < 1.29 is 4.79 Å². The number of benzene rings is 1. The number of hydrogen-bond acceptors (Lipinski definition) is 4. The van der Waals surface area contributed by atoms with Gasteiger partial charge in [-0.05, 0) is 18.2 Å². The molecule has 0 bridgehead atoms. The Balaban J connectivity index is 1.32. The molecule has 1 saturated heterocycles. The van der Waals surface area contributed by atoms with Gasteiger partial charge in [0.1, 0.15) is 5.82 Å². The average Bonchev–Trinajstić information content (AvgIpc) is 3.10. The predicted octanol–water partition coefficient (Wildman–Crippen LogP) is 2.17. The van der Waals surface area contributed by atoms with Crippen LogP contribution in [0, 0.1) is 0 Å². The van der Waals surface area contributed by atoms with E-state index in [1.165, 1.54) is 0 Å². The summed E-state index contributed by atoms with van der Waals surface area (Å²) in [5.41, 5.74) is 1.08. The number of aromatic nitrogens is 3. The lowest BCUT2D eigenvalue weighted by atomic mass is 10.2. The third-order valence-electron chi connectivity index (χ3n) is 4.69. The highest BCUT2D eigenvalue weighted by molar-refractivity contribution is 5.79. The number of rotatable bonds is 4. The van der Waals surface area contributed by atoms with E-state index >= 15 is 0 Å². The van der Waals surface area contributed by atoms with Crippen LogP contribution in [0.3, 0.4) is 0 Å². The lowest BCUT2D eigenvalue weighted by molar-refractivity contribution is -0.131. The molecular formula is C19H21N5O. The first-order valence-corrected chi connectivity index (χ1v) is 8.65. The zero-order valence-electron chi connectivity index (χ0n) is 14.1. The van der Waals surface area contributed by atoms with Gasteiger partial charge in [-0.1, -0.05) is 24.3 Å². The van der Waals surface area contributed by atoms with Crippen molar-refractivity contribution >= 4 is 22.6 Å². The van der Waals surface area contributed by atoms with E-state index in [0.717, 1.165) is 42.9 Å². The molecule has 0 radical (unpaired) electrons. The van der Waals surface area contributed by atoms with E-state index < -0.39 is 0 Å². The Morgan fingerprint density at radius 1 is 1.00 bits per heavy atom. The molecule has 25 heavy (non-hydrogen) atoms.